The molecule has 19 heavy (non-hydrogen) atoms. The minimum absolute atomic E-state index is 0.0355. The minimum atomic E-state index is -2.82. The van der Waals surface area contributed by atoms with Gasteiger partial charge < -0.3 is 10.5 Å². The normalized spacial score (nSPS) is 24.0. The van der Waals surface area contributed by atoms with Crippen LogP contribution in [0.25, 0.3) is 0 Å². The molecule has 1 aliphatic rings. The van der Waals surface area contributed by atoms with Crippen LogP contribution in [0, 0.1) is 0 Å². The number of hydrogen-bond donors (Lipinski definition) is 1. The van der Waals surface area contributed by atoms with Crippen LogP contribution in [0.1, 0.15) is 24.8 Å². The number of alkyl halides is 2. The molecule has 1 aromatic carbocycles. The summed E-state index contributed by atoms with van der Waals surface area (Å²) in [6.45, 7) is 0. The van der Waals surface area contributed by atoms with E-state index in [9.17, 15) is 13.6 Å². The number of benzene rings is 1. The number of carbonyl (C=O) groups excluding carboxylic acids is 1. The third kappa shape index (κ3) is 2.39. The summed E-state index contributed by atoms with van der Waals surface area (Å²) >= 11 is 5.79. The summed E-state index contributed by atoms with van der Waals surface area (Å²) in [5.41, 5.74) is 5.01. The maximum absolute atomic E-state index is 13.7. The van der Waals surface area contributed by atoms with E-state index in [-0.39, 0.29) is 24.9 Å². The number of hydrogen-bond acceptors (Lipinski definition) is 3. The standard InChI is InChI=1S/C13H14ClF2NO2/c1-19-11(18)4-5-12(7-13(12,15)16)8-2-3-9(14)10(17)6-8/h2-3,6H,4-5,7,17H2,1H3. The fourth-order valence-electron chi connectivity index (χ4n) is 2.32. The van der Waals surface area contributed by atoms with Gasteiger partial charge >= 0.3 is 5.97 Å². The van der Waals surface area contributed by atoms with Crippen LogP contribution in [0.5, 0.6) is 0 Å². The average Bonchev–Trinajstić information content (AvgIpc) is 2.93. The van der Waals surface area contributed by atoms with E-state index in [4.69, 9.17) is 17.3 Å². The Morgan fingerprint density at radius 1 is 1.53 bits per heavy atom. The third-order valence-corrected chi connectivity index (χ3v) is 3.98. The van der Waals surface area contributed by atoms with Crippen molar-refractivity contribution >= 4 is 23.3 Å². The van der Waals surface area contributed by atoms with E-state index in [1.54, 1.807) is 0 Å². The lowest BCUT2D eigenvalue weighted by Gasteiger charge is -2.17. The van der Waals surface area contributed by atoms with Crippen LogP contribution in [0.2, 0.25) is 5.02 Å². The van der Waals surface area contributed by atoms with Crippen molar-refractivity contribution in [2.24, 2.45) is 0 Å². The van der Waals surface area contributed by atoms with Crippen molar-refractivity contribution in [1.29, 1.82) is 0 Å². The van der Waals surface area contributed by atoms with Gasteiger partial charge in [0, 0.05) is 12.8 Å². The quantitative estimate of drug-likeness (QED) is 0.684. The van der Waals surface area contributed by atoms with Crippen LogP contribution in [0.4, 0.5) is 14.5 Å². The summed E-state index contributed by atoms with van der Waals surface area (Å²) in [7, 11) is 1.24. The first-order chi connectivity index (χ1) is 8.82. The van der Waals surface area contributed by atoms with Gasteiger partial charge in [0.15, 0.2) is 0 Å². The largest absolute Gasteiger partial charge is 0.469 e. The molecule has 1 aromatic rings. The molecule has 2 rings (SSSR count). The van der Waals surface area contributed by atoms with Gasteiger partial charge in [-0.25, -0.2) is 8.78 Å². The van der Waals surface area contributed by atoms with Crippen LogP contribution in [0.3, 0.4) is 0 Å². The lowest BCUT2D eigenvalue weighted by molar-refractivity contribution is -0.141. The van der Waals surface area contributed by atoms with Crippen molar-refractivity contribution < 1.29 is 18.3 Å². The smallest absolute Gasteiger partial charge is 0.305 e. The number of halogens is 3. The van der Waals surface area contributed by atoms with E-state index < -0.39 is 17.3 Å². The van der Waals surface area contributed by atoms with Gasteiger partial charge in [-0.2, -0.15) is 0 Å². The van der Waals surface area contributed by atoms with Crippen LogP contribution < -0.4 is 5.73 Å². The fourth-order valence-corrected chi connectivity index (χ4v) is 2.44. The van der Waals surface area contributed by atoms with Crippen LogP contribution >= 0.6 is 11.6 Å². The Morgan fingerprint density at radius 2 is 2.16 bits per heavy atom. The first-order valence-electron chi connectivity index (χ1n) is 5.82. The molecule has 6 heteroatoms. The topological polar surface area (TPSA) is 52.3 Å². The number of rotatable bonds is 4. The number of methoxy groups -OCH3 is 1. The summed E-state index contributed by atoms with van der Waals surface area (Å²) < 4.78 is 31.9. The number of nitrogen functional groups attached to an aromatic ring is 1. The van der Waals surface area contributed by atoms with Crippen molar-refractivity contribution in [2.45, 2.75) is 30.6 Å². The van der Waals surface area contributed by atoms with Gasteiger partial charge in [0.1, 0.15) is 0 Å². The van der Waals surface area contributed by atoms with Gasteiger partial charge in [0.25, 0.3) is 5.92 Å². The van der Waals surface area contributed by atoms with Crippen molar-refractivity contribution in [1.82, 2.24) is 0 Å². The van der Waals surface area contributed by atoms with E-state index in [1.165, 1.54) is 25.3 Å². The van der Waals surface area contributed by atoms with E-state index in [0.29, 0.717) is 10.6 Å². The predicted molar refractivity (Wildman–Crippen MR) is 68.4 cm³/mol. The zero-order chi connectivity index (χ0) is 14.3. The van der Waals surface area contributed by atoms with Gasteiger partial charge in [-0.1, -0.05) is 17.7 Å². The second kappa shape index (κ2) is 4.63. The lowest BCUT2D eigenvalue weighted by atomic mass is 9.90. The molecule has 1 fully saturated rings. The zero-order valence-electron chi connectivity index (χ0n) is 10.4. The monoisotopic (exact) mass is 289 g/mol. The maximum Gasteiger partial charge on any atom is 0.305 e. The zero-order valence-corrected chi connectivity index (χ0v) is 11.1. The van der Waals surface area contributed by atoms with E-state index in [1.807, 2.05) is 0 Å². The molecule has 0 amide bonds. The fraction of sp³-hybridized carbons (Fsp3) is 0.462. The summed E-state index contributed by atoms with van der Waals surface area (Å²) in [5.74, 6) is -3.31. The molecule has 3 nitrogen and oxygen atoms in total. The third-order valence-electron chi connectivity index (χ3n) is 3.63. The molecule has 1 saturated carbocycles. The number of carbonyl (C=O) groups is 1. The second-order valence-electron chi connectivity index (χ2n) is 4.78. The maximum atomic E-state index is 13.7. The Bertz CT molecular complexity index is 521. The van der Waals surface area contributed by atoms with Gasteiger partial charge in [-0.05, 0) is 24.1 Å². The van der Waals surface area contributed by atoms with Gasteiger partial charge in [0.2, 0.25) is 0 Å². The SMILES string of the molecule is COC(=O)CCC1(c2ccc(Cl)c(N)c2)CC1(F)F. The number of ether oxygens (including phenoxy) is 1. The van der Waals surface area contributed by atoms with Crippen LogP contribution in [-0.2, 0) is 14.9 Å². The molecular weight excluding hydrogens is 276 g/mol. The number of nitrogens with two attached hydrogens (primary N) is 1. The molecular formula is C13H14ClF2NO2. The predicted octanol–water partition coefficient (Wildman–Crippen LogP) is 3.15. The van der Waals surface area contributed by atoms with Crippen molar-refractivity contribution in [2.75, 3.05) is 12.8 Å². The Morgan fingerprint density at radius 3 is 2.63 bits per heavy atom. The summed E-state index contributed by atoms with van der Waals surface area (Å²) in [5, 5.41) is 0.329. The number of esters is 1. The first kappa shape index (κ1) is 14.1. The molecule has 104 valence electrons. The Labute approximate surface area is 114 Å². The minimum Gasteiger partial charge on any atom is -0.469 e. The second-order valence-corrected chi connectivity index (χ2v) is 5.18. The molecule has 0 aromatic heterocycles. The van der Waals surface area contributed by atoms with Crippen LogP contribution in [-0.4, -0.2) is 19.0 Å². The molecule has 0 heterocycles. The molecule has 1 atom stereocenters. The molecule has 0 aliphatic heterocycles. The Hall–Kier alpha value is -1.36. The van der Waals surface area contributed by atoms with Gasteiger partial charge in [0.05, 0.1) is 23.2 Å². The molecule has 0 radical (unpaired) electrons. The first-order valence-corrected chi connectivity index (χ1v) is 6.20. The van der Waals surface area contributed by atoms with Crippen molar-refractivity contribution in [3.63, 3.8) is 0 Å². The van der Waals surface area contributed by atoms with Crippen molar-refractivity contribution in [3.05, 3.63) is 28.8 Å². The lowest BCUT2D eigenvalue weighted by Crippen LogP contribution is -2.19. The van der Waals surface area contributed by atoms with E-state index in [0.717, 1.165) is 0 Å². The van der Waals surface area contributed by atoms with E-state index >= 15 is 0 Å². The molecule has 2 N–H and O–H groups in total. The van der Waals surface area contributed by atoms with E-state index in [2.05, 4.69) is 4.74 Å². The highest BCUT2D eigenvalue weighted by Crippen LogP contribution is 2.64. The Kier molecular flexibility index (Phi) is 3.43. The molecule has 0 bridgehead atoms. The highest BCUT2D eigenvalue weighted by Gasteiger charge is 2.71. The van der Waals surface area contributed by atoms with Gasteiger partial charge in [-0.3, -0.25) is 4.79 Å². The highest BCUT2D eigenvalue weighted by atomic mass is 35.5. The highest BCUT2D eigenvalue weighted by molar-refractivity contribution is 6.33. The average molecular weight is 290 g/mol. The molecule has 1 aliphatic carbocycles. The molecule has 0 spiro atoms. The summed E-state index contributed by atoms with van der Waals surface area (Å²) in [6.07, 6.45) is -0.291. The van der Waals surface area contributed by atoms with Crippen LogP contribution in [0.15, 0.2) is 18.2 Å². The summed E-state index contributed by atoms with van der Waals surface area (Å²) in [6, 6.07) is 4.50. The van der Waals surface area contributed by atoms with Gasteiger partial charge in [-0.15, -0.1) is 0 Å². The molecule has 0 saturated heterocycles. The molecule has 1 unspecified atom stereocenters. The van der Waals surface area contributed by atoms with Crippen molar-refractivity contribution in [3.8, 4) is 0 Å². The number of anilines is 1. The Balaban J connectivity index is 2.26. The summed E-state index contributed by atoms with van der Waals surface area (Å²) in [4.78, 5) is 11.1.